The Balaban J connectivity index is 1.84. The number of ketones is 1. The third-order valence-corrected chi connectivity index (χ3v) is 3.79. The molecule has 0 atom stereocenters. The Bertz CT molecular complexity index is 971. The van der Waals surface area contributed by atoms with Crippen LogP contribution >= 0.6 is 0 Å². The lowest BCUT2D eigenvalue weighted by Crippen LogP contribution is -2.03. The van der Waals surface area contributed by atoms with Crippen LogP contribution in [-0.4, -0.2) is 39.0 Å². The molecule has 6 nitrogen and oxygen atoms in total. The number of benzene rings is 3. The van der Waals surface area contributed by atoms with Gasteiger partial charge in [-0.15, -0.1) is 0 Å². The number of nitrogens with zero attached hydrogens (tertiary/aromatic N) is 1. The third kappa shape index (κ3) is 3.23. The highest BCUT2D eigenvalue weighted by Gasteiger charge is 2.13. The van der Waals surface area contributed by atoms with Crippen LogP contribution in [0.15, 0.2) is 53.5 Å². The maximum atomic E-state index is 12.1. The average molecular weight is 337 g/mol. The van der Waals surface area contributed by atoms with Crippen molar-refractivity contribution < 1.29 is 25.2 Å². The first-order valence-corrected chi connectivity index (χ1v) is 7.46. The highest BCUT2D eigenvalue weighted by molar-refractivity contribution is 6.04. The van der Waals surface area contributed by atoms with Crippen molar-refractivity contribution >= 4 is 22.8 Å². The number of aromatic hydroxyl groups is 4. The van der Waals surface area contributed by atoms with Crippen LogP contribution in [0, 0.1) is 0 Å². The van der Waals surface area contributed by atoms with Gasteiger partial charge in [0.25, 0.3) is 0 Å². The van der Waals surface area contributed by atoms with E-state index in [-0.39, 0.29) is 17.9 Å². The minimum Gasteiger partial charge on any atom is -0.507 e. The van der Waals surface area contributed by atoms with Gasteiger partial charge in [0.15, 0.2) is 23.0 Å². The lowest BCUT2D eigenvalue weighted by atomic mass is 10.0. The maximum absolute atomic E-state index is 12.1. The quantitative estimate of drug-likeness (QED) is 0.332. The van der Waals surface area contributed by atoms with Crippen molar-refractivity contribution in [2.24, 2.45) is 4.99 Å². The molecule has 0 aliphatic rings. The van der Waals surface area contributed by atoms with E-state index < -0.39 is 23.0 Å². The van der Waals surface area contributed by atoms with E-state index in [0.29, 0.717) is 5.56 Å². The summed E-state index contributed by atoms with van der Waals surface area (Å²) >= 11 is 0. The number of carbonyl (C=O) groups excluding carboxylic acids is 1. The van der Waals surface area contributed by atoms with Crippen molar-refractivity contribution in [2.45, 2.75) is 0 Å². The molecule has 0 heterocycles. The second kappa shape index (κ2) is 6.52. The molecule has 25 heavy (non-hydrogen) atoms. The Morgan fingerprint density at radius 1 is 0.920 bits per heavy atom. The Morgan fingerprint density at radius 3 is 2.32 bits per heavy atom. The van der Waals surface area contributed by atoms with Gasteiger partial charge in [-0.1, -0.05) is 30.3 Å². The number of rotatable bonds is 4. The molecule has 0 aromatic heterocycles. The van der Waals surface area contributed by atoms with Crippen LogP contribution < -0.4 is 0 Å². The monoisotopic (exact) mass is 337 g/mol. The van der Waals surface area contributed by atoms with Gasteiger partial charge in [0.2, 0.25) is 0 Å². The number of Topliss-reactive ketones (excluding diaryl/α,β-unsaturated/α-hetero) is 1. The number of phenols is 4. The predicted molar refractivity (Wildman–Crippen MR) is 93.8 cm³/mol. The van der Waals surface area contributed by atoms with E-state index in [0.717, 1.165) is 22.9 Å². The standard InChI is InChI=1S/C19H15NO5/c21-15-6-5-11-3-1-2-4-13(11)14(15)9-20-10-18(24)12-7-16(22)19(25)17(23)8-12/h1-9,21-23,25H,10H2. The van der Waals surface area contributed by atoms with Gasteiger partial charge in [0.05, 0.1) is 0 Å². The first-order valence-electron chi connectivity index (χ1n) is 7.46. The Morgan fingerprint density at radius 2 is 1.60 bits per heavy atom. The summed E-state index contributed by atoms with van der Waals surface area (Å²) in [5.74, 6) is -2.25. The Kier molecular flexibility index (Phi) is 4.26. The first-order chi connectivity index (χ1) is 12.0. The van der Waals surface area contributed by atoms with E-state index in [2.05, 4.69) is 4.99 Å². The summed E-state index contributed by atoms with van der Waals surface area (Å²) in [5, 5.41) is 40.0. The van der Waals surface area contributed by atoms with Crippen LogP contribution in [0.1, 0.15) is 15.9 Å². The van der Waals surface area contributed by atoms with Crippen molar-refractivity contribution in [1.82, 2.24) is 0 Å². The van der Waals surface area contributed by atoms with Gasteiger partial charge in [-0.2, -0.15) is 0 Å². The van der Waals surface area contributed by atoms with Crippen LogP contribution in [0.5, 0.6) is 23.0 Å². The van der Waals surface area contributed by atoms with Gasteiger partial charge in [-0.3, -0.25) is 9.79 Å². The third-order valence-electron chi connectivity index (χ3n) is 3.79. The van der Waals surface area contributed by atoms with Crippen molar-refractivity contribution in [1.29, 1.82) is 0 Å². The fourth-order valence-electron chi connectivity index (χ4n) is 2.50. The molecular weight excluding hydrogens is 322 g/mol. The zero-order valence-corrected chi connectivity index (χ0v) is 13.0. The molecule has 0 saturated carbocycles. The van der Waals surface area contributed by atoms with E-state index in [4.69, 9.17) is 0 Å². The highest BCUT2D eigenvalue weighted by atomic mass is 16.3. The topological polar surface area (TPSA) is 110 Å². The van der Waals surface area contributed by atoms with E-state index in [1.54, 1.807) is 12.1 Å². The van der Waals surface area contributed by atoms with E-state index in [1.165, 1.54) is 6.21 Å². The van der Waals surface area contributed by atoms with Gasteiger partial charge >= 0.3 is 0 Å². The van der Waals surface area contributed by atoms with Crippen LogP contribution in [0.25, 0.3) is 10.8 Å². The molecule has 0 radical (unpaired) electrons. The summed E-state index contributed by atoms with van der Waals surface area (Å²) < 4.78 is 0. The molecule has 0 fully saturated rings. The van der Waals surface area contributed by atoms with Crippen molar-refractivity contribution in [3.63, 3.8) is 0 Å². The van der Waals surface area contributed by atoms with Gasteiger partial charge in [0.1, 0.15) is 12.3 Å². The zero-order valence-electron chi connectivity index (χ0n) is 13.0. The van der Waals surface area contributed by atoms with Crippen molar-refractivity contribution in [3.05, 3.63) is 59.7 Å². The van der Waals surface area contributed by atoms with Crippen molar-refractivity contribution in [3.8, 4) is 23.0 Å². The summed E-state index contributed by atoms with van der Waals surface area (Å²) in [6, 6.07) is 12.9. The van der Waals surface area contributed by atoms with Crippen LogP contribution in [0.2, 0.25) is 0 Å². The fraction of sp³-hybridized carbons (Fsp3) is 0.0526. The summed E-state index contributed by atoms with van der Waals surface area (Å²) in [7, 11) is 0. The van der Waals surface area contributed by atoms with Crippen molar-refractivity contribution in [2.75, 3.05) is 6.54 Å². The van der Waals surface area contributed by atoms with E-state index >= 15 is 0 Å². The predicted octanol–water partition coefficient (Wildman–Crippen LogP) is 2.96. The normalized spacial score (nSPS) is 11.2. The second-order valence-corrected chi connectivity index (χ2v) is 5.48. The average Bonchev–Trinajstić information content (AvgIpc) is 2.61. The smallest absolute Gasteiger partial charge is 0.200 e. The second-order valence-electron chi connectivity index (χ2n) is 5.48. The molecular formula is C19H15NO5. The number of fused-ring (bicyclic) bond motifs is 1. The lowest BCUT2D eigenvalue weighted by Gasteiger charge is -2.05. The summed E-state index contributed by atoms with van der Waals surface area (Å²) in [6.07, 6.45) is 1.41. The van der Waals surface area contributed by atoms with Crippen LogP contribution in [-0.2, 0) is 0 Å². The van der Waals surface area contributed by atoms with E-state index in [9.17, 15) is 25.2 Å². The molecule has 3 rings (SSSR count). The molecule has 126 valence electrons. The molecule has 4 N–H and O–H groups in total. The molecule has 0 saturated heterocycles. The first kappa shape index (κ1) is 16.3. The molecule has 3 aromatic rings. The number of hydrogen-bond donors (Lipinski definition) is 4. The number of aliphatic imine (C=N–C) groups is 1. The minimum absolute atomic E-state index is 0.0205. The van der Waals surface area contributed by atoms with Crippen LogP contribution in [0.3, 0.4) is 0 Å². The summed E-state index contributed by atoms with van der Waals surface area (Å²) in [5.41, 5.74) is 0.523. The SMILES string of the molecule is O=C(CN=Cc1c(O)ccc2ccccc12)c1cc(O)c(O)c(O)c1. The summed E-state index contributed by atoms with van der Waals surface area (Å²) in [4.78, 5) is 16.2. The molecule has 0 aliphatic heterocycles. The van der Waals surface area contributed by atoms with Crippen LogP contribution in [0.4, 0.5) is 0 Å². The molecule has 0 unspecified atom stereocenters. The van der Waals surface area contributed by atoms with Gasteiger partial charge < -0.3 is 20.4 Å². The van der Waals surface area contributed by atoms with Gasteiger partial charge in [-0.05, 0) is 29.0 Å². The number of phenolic OH excluding ortho intramolecular Hbond substituents is 4. The molecule has 3 aromatic carbocycles. The minimum atomic E-state index is -0.680. The highest BCUT2D eigenvalue weighted by Crippen LogP contribution is 2.35. The molecule has 0 amide bonds. The molecule has 0 bridgehead atoms. The van der Waals surface area contributed by atoms with E-state index in [1.807, 2.05) is 24.3 Å². The molecule has 0 spiro atoms. The molecule has 6 heteroatoms. The lowest BCUT2D eigenvalue weighted by molar-refractivity contribution is 0.100. The number of carbonyl (C=O) groups is 1. The van der Waals surface area contributed by atoms with Gasteiger partial charge in [0, 0.05) is 17.3 Å². The number of hydrogen-bond acceptors (Lipinski definition) is 6. The van der Waals surface area contributed by atoms with Gasteiger partial charge in [-0.25, -0.2) is 0 Å². The molecule has 0 aliphatic carbocycles. The zero-order chi connectivity index (χ0) is 18.0. The fourth-order valence-corrected chi connectivity index (χ4v) is 2.50. The Hall–Kier alpha value is -3.54. The maximum Gasteiger partial charge on any atom is 0.200 e. The largest absolute Gasteiger partial charge is 0.507 e. The summed E-state index contributed by atoms with van der Waals surface area (Å²) in [6.45, 7) is -0.244. The Labute approximate surface area is 142 Å².